The largest absolute Gasteiger partial charge is 0.382 e. The highest BCUT2D eigenvalue weighted by Crippen LogP contribution is 2.28. The molecule has 23 heavy (non-hydrogen) atoms. The molecule has 2 heterocycles. The Morgan fingerprint density at radius 2 is 2.04 bits per heavy atom. The molecule has 5 heteroatoms. The van der Waals surface area contributed by atoms with Gasteiger partial charge in [-0.1, -0.05) is 30.3 Å². The van der Waals surface area contributed by atoms with Crippen molar-refractivity contribution < 1.29 is 4.79 Å². The second-order valence-corrected chi connectivity index (χ2v) is 6.02. The number of anilines is 1. The van der Waals surface area contributed by atoms with Crippen LogP contribution in [0.3, 0.4) is 0 Å². The van der Waals surface area contributed by atoms with Gasteiger partial charge in [0.25, 0.3) is 5.91 Å². The van der Waals surface area contributed by atoms with E-state index < -0.39 is 0 Å². The van der Waals surface area contributed by atoms with E-state index in [0.717, 1.165) is 30.4 Å². The highest BCUT2D eigenvalue weighted by Gasteiger charge is 2.28. The van der Waals surface area contributed by atoms with Crippen LogP contribution in [0.2, 0.25) is 0 Å². The van der Waals surface area contributed by atoms with E-state index in [0.29, 0.717) is 17.3 Å². The molecule has 5 nitrogen and oxygen atoms in total. The zero-order valence-corrected chi connectivity index (χ0v) is 12.7. The maximum absolute atomic E-state index is 12.8. The number of likely N-dealkylation sites (tertiary alicyclic amines) is 1. The van der Waals surface area contributed by atoms with Crippen molar-refractivity contribution in [3.8, 4) is 0 Å². The van der Waals surface area contributed by atoms with E-state index in [9.17, 15) is 4.79 Å². The fourth-order valence-electron chi connectivity index (χ4n) is 3.29. The van der Waals surface area contributed by atoms with Crippen LogP contribution in [0.5, 0.6) is 0 Å². The molecule has 116 valence electrons. The number of carbonyl (C=O) groups excluding carboxylic acids is 1. The summed E-state index contributed by atoms with van der Waals surface area (Å²) in [6.45, 7) is 1.55. The smallest absolute Gasteiger partial charge is 0.253 e. The second-order valence-electron chi connectivity index (χ2n) is 6.02. The molecule has 1 aromatic heterocycles. The first-order valence-electron chi connectivity index (χ1n) is 7.80. The molecule has 4 rings (SSSR count). The fourth-order valence-corrected chi connectivity index (χ4v) is 3.29. The summed E-state index contributed by atoms with van der Waals surface area (Å²) >= 11 is 0. The van der Waals surface area contributed by atoms with Crippen molar-refractivity contribution in [1.82, 2.24) is 15.1 Å². The topological polar surface area (TPSA) is 75.0 Å². The number of fused-ring (bicyclic) bond motifs is 1. The molecule has 1 atom stereocenters. The number of nitrogen functional groups attached to an aromatic ring is 1. The first-order valence-corrected chi connectivity index (χ1v) is 7.80. The number of aromatic amines is 1. The number of hydrogen-bond donors (Lipinski definition) is 2. The molecule has 0 aliphatic carbocycles. The van der Waals surface area contributed by atoms with Crippen LogP contribution in [0.25, 0.3) is 10.9 Å². The summed E-state index contributed by atoms with van der Waals surface area (Å²) in [7, 11) is 0. The van der Waals surface area contributed by atoms with Crippen LogP contribution in [0.15, 0.2) is 48.5 Å². The minimum atomic E-state index is 0.0610. The van der Waals surface area contributed by atoms with Crippen molar-refractivity contribution in [2.75, 3.05) is 18.8 Å². The lowest BCUT2D eigenvalue weighted by molar-refractivity contribution is 0.0791. The number of benzene rings is 2. The molecular formula is C18H18N4O. The molecule has 0 bridgehead atoms. The van der Waals surface area contributed by atoms with E-state index in [-0.39, 0.29) is 5.91 Å². The summed E-state index contributed by atoms with van der Waals surface area (Å²) in [5.41, 5.74) is 8.65. The van der Waals surface area contributed by atoms with E-state index >= 15 is 0 Å². The summed E-state index contributed by atoms with van der Waals surface area (Å²) < 4.78 is 0. The van der Waals surface area contributed by atoms with Crippen LogP contribution in [-0.2, 0) is 0 Å². The van der Waals surface area contributed by atoms with Crippen LogP contribution in [0.4, 0.5) is 5.82 Å². The molecule has 1 fully saturated rings. The Bertz CT molecular complexity index is 856. The molecule has 1 aliphatic rings. The lowest BCUT2D eigenvalue weighted by Gasteiger charge is -2.17. The number of rotatable bonds is 2. The van der Waals surface area contributed by atoms with E-state index in [1.807, 2.05) is 29.2 Å². The van der Waals surface area contributed by atoms with Crippen LogP contribution >= 0.6 is 0 Å². The summed E-state index contributed by atoms with van der Waals surface area (Å²) in [6.07, 6.45) is 1.01. The van der Waals surface area contributed by atoms with E-state index in [1.54, 1.807) is 0 Å². The molecule has 1 saturated heterocycles. The van der Waals surface area contributed by atoms with Crippen LogP contribution < -0.4 is 5.73 Å². The van der Waals surface area contributed by atoms with Crippen molar-refractivity contribution >= 4 is 22.6 Å². The number of carbonyl (C=O) groups is 1. The van der Waals surface area contributed by atoms with Gasteiger partial charge >= 0.3 is 0 Å². The van der Waals surface area contributed by atoms with Crippen LogP contribution in [0.1, 0.15) is 28.3 Å². The van der Waals surface area contributed by atoms with E-state index in [2.05, 4.69) is 34.5 Å². The zero-order valence-electron chi connectivity index (χ0n) is 12.7. The molecular weight excluding hydrogens is 288 g/mol. The Kier molecular flexibility index (Phi) is 3.26. The number of amides is 1. The first kappa shape index (κ1) is 13.8. The van der Waals surface area contributed by atoms with Gasteiger partial charge in [-0.15, -0.1) is 0 Å². The van der Waals surface area contributed by atoms with Gasteiger partial charge in [-0.25, -0.2) is 0 Å². The highest BCUT2D eigenvalue weighted by molar-refractivity contribution is 6.00. The van der Waals surface area contributed by atoms with Gasteiger partial charge in [-0.3, -0.25) is 9.89 Å². The standard InChI is InChI=1S/C18H18N4O/c19-17-15-10-13(6-7-16(15)20-21-17)18(23)22-9-8-14(11-22)12-4-2-1-3-5-12/h1-7,10,14H,8-9,11H2,(H3,19,20,21)/t14-/m0/s1. The summed E-state index contributed by atoms with van der Waals surface area (Å²) in [5, 5.41) is 7.63. The number of aromatic nitrogens is 2. The normalized spacial score (nSPS) is 17.7. The van der Waals surface area contributed by atoms with Gasteiger partial charge in [0.05, 0.1) is 5.52 Å². The third kappa shape index (κ3) is 2.44. The van der Waals surface area contributed by atoms with Gasteiger partial charge in [-0.2, -0.15) is 5.10 Å². The van der Waals surface area contributed by atoms with Crippen LogP contribution in [0, 0.1) is 0 Å². The molecule has 3 N–H and O–H groups in total. The van der Waals surface area contributed by atoms with Crippen molar-refractivity contribution in [3.05, 3.63) is 59.7 Å². The van der Waals surface area contributed by atoms with Gasteiger partial charge in [0.2, 0.25) is 0 Å². The van der Waals surface area contributed by atoms with Crippen molar-refractivity contribution in [1.29, 1.82) is 0 Å². The summed E-state index contributed by atoms with van der Waals surface area (Å²) in [6, 6.07) is 15.9. The molecule has 1 amide bonds. The molecule has 0 radical (unpaired) electrons. The molecule has 3 aromatic rings. The Hall–Kier alpha value is -2.82. The number of H-pyrrole nitrogens is 1. The van der Waals surface area contributed by atoms with Gasteiger partial charge in [0.1, 0.15) is 0 Å². The molecule has 0 saturated carbocycles. The maximum Gasteiger partial charge on any atom is 0.253 e. The zero-order chi connectivity index (χ0) is 15.8. The molecule has 0 unspecified atom stereocenters. The SMILES string of the molecule is Nc1n[nH]c2ccc(C(=O)N3CC[C@H](c4ccccc4)C3)cc12. The third-order valence-corrected chi connectivity index (χ3v) is 4.59. The van der Waals surface area contributed by atoms with Gasteiger partial charge in [0.15, 0.2) is 5.82 Å². The first-order chi connectivity index (χ1) is 11.2. The van der Waals surface area contributed by atoms with Gasteiger partial charge < -0.3 is 10.6 Å². The summed E-state index contributed by atoms with van der Waals surface area (Å²) in [5.74, 6) is 0.909. The highest BCUT2D eigenvalue weighted by atomic mass is 16.2. The number of nitrogens with zero attached hydrogens (tertiary/aromatic N) is 2. The quantitative estimate of drug-likeness (QED) is 0.764. The molecule has 2 aromatic carbocycles. The average molecular weight is 306 g/mol. The van der Waals surface area contributed by atoms with Crippen molar-refractivity contribution in [2.45, 2.75) is 12.3 Å². The Balaban J connectivity index is 1.56. The molecule has 0 spiro atoms. The van der Waals surface area contributed by atoms with Crippen LogP contribution in [-0.4, -0.2) is 34.1 Å². The van der Waals surface area contributed by atoms with Gasteiger partial charge in [-0.05, 0) is 30.2 Å². The minimum Gasteiger partial charge on any atom is -0.382 e. The molecule has 1 aliphatic heterocycles. The lowest BCUT2D eigenvalue weighted by atomic mass is 9.99. The second kappa shape index (κ2) is 5.43. The van der Waals surface area contributed by atoms with E-state index in [1.165, 1.54) is 5.56 Å². The maximum atomic E-state index is 12.8. The summed E-state index contributed by atoms with van der Waals surface area (Å²) in [4.78, 5) is 14.7. The Labute approximate surface area is 134 Å². The predicted octanol–water partition coefficient (Wildman–Crippen LogP) is 2.77. The minimum absolute atomic E-state index is 0.0610. The fraction of sp³-hybridized carbons (Fsp3) is 0.222. The Morgan fingerprint density at radius 1 is 1.22 bits per heavy atom. The Morgan fingerprint density at radius 3 is 2.87 bits per heavy atom. The lowest BCUT2D eigenvalue weighted by Crippen LogP contribution is -2.28. The van der Waals surface area contributed by atoms with Crippen molar-refractivity contribution in [3.63, 3.8) is 0 Å². The van der Waals surface area contributed by atoms with Crippen molar-refractivity contribution in [2.24, 2.45) is 0 Å². The number of nitrogens with two attached hydrogens (primary N) is 1. The monoisotopic (exact) mass is 306 g/mol. The average Bonchev–Trinajstić information content (AvgIpc) is 3.22. The third-order valence-electron chi connectivity index (χ3n) is 4.59. The van der Waals surface area contributed by atoms with E-state index in [4.69, 9.17) is 5.73 Å². The number of hydrogen-bond acceptors (Lipinski definition) is 3. The predicted molar refractivity (Wildman–Crippen MR) is 90.2 cm³/mol. The number of nitrogens with one attached hydrogen (secondary N) is 1. The van der Waals surface area contributed by atoms with Gasteiger partial charge in [0, 0.05) is 30.0 Å².